The van der Waals surface area contributed by atoms with Gasteiger partial charge >= 0.3 is 0 Å². The first-order chi connectivity index (χ1) is 10.7. The highest BCUT2D eigenvalue weighted by Crippen LogP contribution is 2.16. The van der Waals surface area contributed by atoms with Crippen LogP contribution in [0.15, 0.2) is 5.38 Å². The lowest BCUT2D eigenvalue weighted by molar-refractivity contribution is -0.133. The molecule has 2 heterocycles. The zero-order chi connectivity index (χ0) is 15.8. The number of aryl methyl sites for hydroxylation is 2. The van der Waals surface area contributed by atoms with Crippen LogP contribution >= 0.6 is 36.2 Å². The van der Waals surface area contributed by atoms with Gasteiger partial charge in [0.1, 0.15) is 0 Å². The molecule has 8 heteroatoms. The van der Waals surface area contributed by atoms with E-state index in [1.54, 1.807) is 11.3 Å². The largest absolute Gasteiger partial charge is 0.378 e. The lowest BCUT2D eigenvalue weighted by Gasteiger charge is -2.32. The summed E-state index contributed by atoms with van der Waals surface area (Å²) in [5.41, 5.74) is 6.57. The molecule has 1 aromatic rings. The van der Waals surface area contributed by atoms with Crippen molar-refractivity contribution < 1.29 is 9.53 Å². The van der Waals surface area contributed by atoms with Crippen molar-refractivity contribution in [2.24, 2.45) is 5.73 Å². The molecule has 0 atom stereocenters. The van der Waals surface area contributed by atoms with Gasteiger partial charge < -0.3 is 15.4 Å². The number of hydrogen-bond donors (Lipinski definition) is 1. The van der Waals surface area contributed by atoms with Crippen molar-refractivity contribution in [2.75, 3.05) is 26.2 Å². The van der Waals surface area contributed by atoms with Crippen molar-refractivity contribution in [2.45, 2.75) is 51.6 Å². The highest BCUT2D eigenvalue weighted by atomic mass is 35.5. The second-order valence-electron chi connectivity index (χ2n) is 5.80. The molecule has 1 saturated heterocycles. The van der Waals surface area contributed by atoms with E-state index in [0.717, 1.165) is 62.5 Å². The number of nitrogens with zero attached hydrogens (tertiary/aromatic N) is 2. The minimum absolute atomic E-state index is 0. The second kappa shape index (κ2) is 12.9. The number of hydrogen-bond acceptors (Lipinski definition) is 5. The fraction of sp³-hybridized carbons (Fsp3) is 0.750. The highest BCUT2D eigenvalue weighted by Gasteiger charge is 2.22. The Hall–Kier alpha value is -0.400. The fourth-order valence-corrected chi connectivity index (χ4v) is 3.35. The number of carbonyl (C=O) groups excluding carboxylic acids is 1. The lowest BCUT2D eigenvalue weighted by atomic mass is 10.1. The number of rotatable bonds is 8. The molecule has 2 N–H and O–H groups in total. The number of thiazole rings is 1. The summed E-state index contributed by atoms with van der Waals surface area (Å²) in [6.45, 7) is 5.07. The Morgan fingerprint density at radius 2 is 2.08 bits per heavy atom. The van der Waals surface area contributed by atoms with Gasteiger partial charge in [0.15, 0.2) is 0 Å². The predicted molar refractivity (Wildman–Crippen MR) is 104 cm³/mol. The third-order valence-electron chi connectivity index (χ3n) is 3.99. The van der Waals surface area contributed by atoms with Crippen molar-refractivity contribution in [3.05, 3.63) is 16.1 Å². The number of halogens is 2. The molecule has 2 rings (SSSR count). The molecule has 0 aliphatic carbocycles. The van der Waals surface area contributed by atoms with Crippen molar-refractivity contribution in [1.29, 1.82) is 0 Å². The third-order valence-corrected chi connectivity index (χ3v) is 4.81. The van der Waals surface area contributed by atoms with Gasteiger partial charge in [0.25, 0.3) is 0 Å². The maximum Gasteiger partial charge on any atom is 0.222 e. The number of nitrogens with two attached hydrogens (primary N) is 1. The molecular weight excluding hydrogens is 369 g/mol. The standard InChI is InChI=1S/C16H27N3O2S.2ClH/c1-13-18-14(12-22-13)4-2-5-16(20)19-9-6-15(7-10-19)21-11-3-8-17;;/h12,15H,2-11,17H2,1H3;2*1H. The number of amides is 1. The quantitative estimate of drug-likeness (QED) is 0.684. The van der Waals surface area contributed by atoms with Crippen molar-refractivity contribution >= 4 is 42.1 Å². The second-order valence-corrected chi connectivity index (χ2v) is 6.87. The van der Waals surface area contributed by atoms with E-state index in [1.807, 2.05) is 11.8 Å². The maximum absolute atomic E-state index is 12.2. The smallest absolute Gasteiger partial charge is 0.222 e. The van der Waals surface area contributed by atoms with Gasteiger partial charge in [0, 0.05) is 31.5 Å². The normalized spacial score (nSPS) is 14.8. The Labute approximate surface area is 161 Å². The van der Waals surface area contributed by atoms with Crippen LogP contribution in [-0.4, -0.2) is 48.1 Å². The predicted octanol–water partition coefficient (Wildman–Crippen LogP) is 2.97. The van der Waals surface area contributed by atoms with Gasteiger partial charge in [-0.15, -0.1) is 36.2 Å². The topological polar surface area (TPSA) is 68.5 Å². The first-order valence-electron chi connectivity index (χ1n) is 8.19. The van der Waals surface area contributed by atoms with Gasteiger partial charge in [-0.25, -0.2) is 4.98 Å². The number of likely N-dealkylation sites (tertiary alicyclic amines) is 1. The highest BCUT2D eigenvalue weighted by molar-refractivity contribution is 7.09. The van der Waals surface area contributed by atoms with Crippen LogP contribution in [0.5, 0.6) is 0 Å². The van der Waals surface area contributed by atoms with Crippen LogP contribution in [0.3, 0.4) is 0 Å². The summed E-state index contributed by atoms with van der Waals surface area (Å²) in [7, 11) is 0. The molecule has 1 aliphatic rings. The first-order valence-corrected chi connectivity index (χ1v) is 9.07. The first kappa shape index (κ1) is 23.6. The molecule has 1 fully saturated rings. The molecule has 1 aromatic heterocycles. The molecule has 1 amide bonds. The molecule has 1 aliphatic heterocycles. The van der Waals surface area contributed by atoms with Crippen LogP contribution < -0.4 is 5.73 Å². The number of ether oxygens (including phenoxy) is 1. The maximum atomic E-state index is 12.2. The Bertz CT molecular complexity index is 466. The Morgan fingerprint density at radius 1 is 1.38 bits per heavy atom. The van der Waals surface area contributed by atoms with Gasteiger partial charge in [-0.2, -0.15) is 0 Å². The summed E-state index contributed by atoms with van der Waals surface area (Å²) in [5.74, 6) is 0.271. The molecule has 5 nitrogen and oxygen atoms in total. The lowest BCUT2D eigenvalue weighted by Crippen LogP contribution is -2.41. The zero-order valence-corrected chi connectivity index (χ0v) is 16.7. The van der Waals surface area contributed by atoms with Crippen molar-refractivity contribution in [3.63, 3.8) is 0 Å². The molecule has 0 unspecified atom stereocenters. The molecule has 0 aromatic carbocycles. The van der Waals surface area contributed by atoms with Crippen LogP contribution in [0.4, 0.5) is 0 Å². The minimum atomic E-state index is 0. The van der Waals surface area contributed by atoms with E-state index in [4.69, 9.17) is 10.5 Å². The van der Waals surface area contributed by atoms with E-state index in [0.29, 0.717) is 19.1 Å². The minimum Gasteiger partial charge on any atom is -0.378 e. The van der Waals surface area contributed by atoms with Crippen LogP contribution in [-0.2, 0) is 16.0 Å². The average molecular weight is 398 g/mol. The van der Waals surface area contributed by atoms with E-state index in [2.05, 4.69) is 10.4 Å². The van der Waals surface area contributed by atoms with E-state index in [9.17, 15) is 4.79 Å². The number of aromatic nitrogens is 1. The van der Waals surface area contributed by atoms with E-state index in [-0.39, 0.29) is 30.7 Å². The Morgan fingerprint density at radius 3 is 2.67 bits per heavy atom. The molecular formula is C16H29Cl2N3O2S. The monoisotopic (exact) mass is 397 g/mol. The zero-order valence-electron chi connectivity index (χ0n) is 14.2. The van der Waals surface area contributed by atoms with Crippen LogP contribution in [0.2, 0.25) is 0 Å². The van der Waals surface area contributed by atoms with Crippen molar-refractivity contribution in [3.8, 4) is 0 Å². The fourth-order valence-electron chi connectivity index (χ4n) is 2.71. The summed E-state index contributed by atoms with van der Waals surface area (Å²) in [6.07, 6.45) is 5.51. The Balaban J connectivity index is 0.00000264. The number of piperidine rings is 1. The summed E-state index contributed by atoms with van der Waals surface area (Å²) in [6, 6.07) is 0. The van der Waals surface area contributed by atoms with Crippen LogP contribution in [0.1, 0.15) is 42.8 Å². The van der Waals surface area contributed by atoms with E-state index >= 15 is 0 Å². The summed E-state index contributed by atoms with van der Waals surface area (Å²) in [5, 5.41) is 3.18. The molecule has 0 bridgehead atoms. The van der Waals surface area contributed by atoms with E-state index < -0.39 is 0 Å². The van der Waals surface area contributed by atoms with Gasteiger partial charge in [-0.3, -0.25) is 4.79 Å². The van der Waals surface area contributed by atoms with Gasteiger partial charge in [-0.1, -0.05) is 0 Å². The average Bonchev–Trinajstić information content (AvgIpc) is 2.93. The summed E-state index contributed by atoms with van der Waals surface area (Å²) < 4.78 is 5.77. The SMILES string of the molecule is Cc1nc(CCCC(=O)N2CCC(OCCCN)CC2)cs1.Cl.Cl. The molecule has 140 valence electrons. The van der Waals surface area contributed by atoms with Crippen LogP contribution in [0, 0.1) is 6.92 Å². The molecule has 0 radical (unpaired) electrons. The molecule has 24 heavy (non-hydrogen) atoms. The van der Waals surface area contributed by atoms with Crippen molar-refractivity contribution in [1.82, 2.24) is 9.88 Å². The number of carbonyl (C=O) groups is 1. The van der Waals surface area contributed by atoms with Gasteiger partial charge in [0.2, 0.25) is 5.91 Å². The molecule has 0 saturated carbocycles. The third kappa shape index (κ3) is 8.12. The van der Waals surface area contributed by atoms with Crippen LogP contribution in [0.25, 0.3) is 0 Å². The van der Waals surface area contributed by atoms with Gasteiger partial charge in [0.05, 0.1) is 16.8 Å². The Kier molecular flexibility index (Phi) is 12.7. The molecule has 0 spiro atoms. The van der Waals surface area contributed by atoms with E-state index in [1.165, 1.54) is 0 Å². The summed E-state index contributed by atoms with van der Waals surface area (Å²) >= 11 is 1.67. The summed E-state index contributed by atoms with van der Waals surface area (Å²) in [4.78, 5) is 18.6. The van der Waals surface area contributed by atoms with Gasteiger partial charge in [-0.05, 0) is 45.6 Å².